The van der Waals surface area contributed by atoms with Crippen molar-refractivity contribution >= 4 is 34.9 Å². The number of nitrogens with one attached hydrogen (secondary N) is 1. The highest BCUT2D eigenvalue weighted by molar-refractivity contribution is 7.99. The predicted molar refractivity (Wildman–Crippen MR) is 82.3 cm³/mol. The van der Waals surface area contributed by atoms with Gasteiger partial charge in [-0.1, -0.05) is 31.3 Å². The van der Waals surface area contributed by atoms with Gasteiger partial charge in [0.05, 0.1) is 0 Å². The predicted octanol–water partition coefficient (Wildman–Crippen LogP) is 2.19. The van der Waals surface area contributed by atoms with Gasteiger partial charge < -0.3 is 11.1 Å². The van der Waals surface area contributed by atoms with Crippen LogP contribution < -0.4 is 11.1 Å². The monoisotopic (exact) mass is 282 g/mol. The van der Waals surface area contributed by atoms with Crippen molar-refractivity contribution in [2.45, 2.75) is 19.9 Å². The van der Waals surface area contributed by atoms with Gasteiger partial charge >= 0.3 is 0 Å². The second-order valence-electron chi connectivity index (χ2n) is 3.98. The molecule has 18 heavy (non-hydrogen) atoms. The zero-order valence-corrected chi connectivity index (χ0v) is 12.2. The van der Waals surface area contributed by atoms with Crippen molar-refractivity contribution < 1.29 is 4.79 Å². The van der Waals surface area contributed by atoms with Gasteiger partial charge in [0.25, 0.3) is 5.91 Å². The van der Waals surface area contributed by atoms with E-state index in [9.17, 15) is 4.79 Å². The Morgan fingerprint density at radius 1 is 1.50 bits per heavy atom. The molecule has 1 unspecified atom stereocenters. The van der Waals surface area contributed by atoms with Crippen LogP contribution in [0.4, 0.5) is 0 Å². The first-order valence-corrected chi connectivity index (χ1v) is 7.39. The zero-order chi connectivity index (χ0) is 13.5. The highest BCUT2D eigenvalue weighted by Crippen LogP contribution is 2.07. The van der Waals surface area contributed by atoms with Crippen LogP contribution in [-0.2, 0) is 0 Å². The maximum absolute atomic E-state index is 12.0. The molecule has 0 fully saturated rings. The molecule has 3 N–H and O–H groups in total. The third kappa shape index (κ3) is 4.66. The molecule has 1 amide bonds. The molecular formula is C13H18N2OS2. The molecule has 3 nitrogen and oxygen atoms in total. The normalized spacial score (nSPS) is 11.9. The third-order valence-electron chi connectivity index (χ3n) is 2.36. The molecule has 0 aliphatic heterocycles. The molecule has 1 rings (SSSR count). The fourth-order valence-electron chi connectivity index (χ4n) is 1.46. The average molecular weight is 282 g/mol. The Labute approximate surface area is 118 Å². The van der Waals surface area contributed by atoms with Crippen molar-refractivity contribution in [2.24, 2.45) is 5.73 Å². The highest BCUT2D eigenvalue weighted by atomic mass is 32.2. The lowest BCUT2D eigenvalue weighted by Gasteiger charge is -2.13. The van der Waals surface area contributed by atoms with Crippen molar-refractivity contribution in [1.82, 2.24) is 5.32 Å². The summed E-state index contributed by atoms with van der Waals surface area (Å²) in [5.74, 6) is 1.88. The van der Waals surface area contributed by atoms with Crippen LogP contribution in [0.25, 0.3) is 0 Å². The molecule has 1 atom stereocenters. The molecule has 0 saturated heterocycles. The number of hydrogen-bond acceptors (Lipinski definition) is 3. The maximum Gasteiger partial charge on any atom is 0.251 e. The Balaban J connectivity index is 2.66. The van der Waals surface area contributed by atoms with E-state index in [0.29, 0.717) is 16.1 Å². The molecule has 0 radical (unpaired) electrons. The second kappa shape index (κ2) is 7.38. The standard InChI is InChI=1S/C13H18N2OS2/c1-3-18-8-9(2)15-13(16)11-6-4-5-10(7-11)12(14)17/h4-7,9H,3,8H2,1-2H3,(H2,14,17)(H,15,16). The summed E-state index contributed by atoms with van der Waals surface area (Å²) >= 11 is 6.70. The topological polar surface area (TPSA) is 55.1 Å². The van der Waals surface area contributed by atoms with Gasteiger partial charge in [-0.25, -0.2) is 0 Å². The summed E-state index contributed by atoms with van der Waals surface area (Å²) < 4.78 is 0. The summed E-state index contributed by atoms with van der Waals surface area (Å²) in [5, 5.41) is 2.95. The van der Waals surface area contributed by atoms with E-state index in [2.05, 4.69) is 12.2 Å². The number of nitrogens with two attached hydrogens (primary N) is 1. The summed E-state index contributed by atoms with van der Waals surface area (Å²) in [6.45, 7) is 4.10. The minimum atomic E-state index is -0.0858. The fraction of sp³-hybridized carbons (Fsp3) is 0.385. The number of hydrogen-bond donors (Lipinski definition) is 2. The molecular weight excluding hydrogens is 264 g/mol. The van der Waals surface area contributed by atoms with Gasteiger partial charge in [-0.15, -0.1) is 0 Å². The quantitative estimate of drug-likeness (QED) is 0.785. The molecule has 0 spiro atoms. The molecule has 1 aromatic rings. The SMILES string of the molecule is CCSCC(C)NC(=O)c1cccc(C(N)=S)c1. The van der Waals surface area contributed by atoms with Gasteiger partial charge in [0.2, 0.25) is 0 Å². The van der Waals surface area contributed by atoms with Gasteiger partial charge in [-0.05, 0) is 24.8 Å². The molecule has 0 aliphatic rings. The lowest BCUT2D eigenvalue weighted by Crippen LogP contribution is -2.34. The van der Waals surface area contributed by atoms with Crippen molar-refractivity contribution in [3.05, 3.63) is 35.4 Å². The first kappa shape index (κ1) is 15.0. The van der Waals surface area contributed by atoms with Crippen molar-refractivity contribution in [1.29, 1.82) is 0 Å². The molecule has 98 valence electrons. The smallest absolute Gasteiger partial charge is 0.251 e. The van der Waals surface area contributed by atoms with Crippen LogP contribution in [0.5, 0.6) is 0 Å². The first-order valence-electron chi connectivity index (χ1n) is 5.83. The first-order chi connectivity index (χ1) is 8.54. The molecule has 0 aliphatic carbocycles. The van der Waals surface area contributed by atoms with E-state index in [4.69, 9.17) is 18.0 Å². The molecule has 5 heteroatoms. The summed E-state index contributed by atoms with van der Waals surface area (Å²) in [7, 11) is 0. The van der Waals surface area contributed by atoms with E-state index < -0.39 is 0 Å². The number of thioether (sulfide) groups is 1. The van der Waals surface area contributed by atoms with Crippen LogP contribution in [0.3, 0.4) is 0 Å². The largest absolute Gasteiger partial charge is 0.389 e. The van der Waals surface area contributed by atoms with Gasteiger partial charge in [0.1, 0.15) is 4.99 Å². The van der Waals surface area contributed by atoms with Crippen molar-refractivity contribution in [3.8, 4) is 0 Å². The van der Waals surface area contributed by atoms with E-state index in [-0.39, 0.29) is 11.9 Å². The minimum absolute atomic E-state index is 0.0858. The minimum Gasteiger partial charge on any atom is -0.389 e. The van der Waals surface area contributed by atoms with Crippen LogP contribution >= 0.6 is 24.0 Å². The molecule has 0 aromatic heterocycles. The Morgan fingerprint density at radius 2 is 2.17 bits per heavy atom. The maximum atomic E-state index is 12.0. The van der Waals surface area contributed by atoms with E-state index in [1.807, 2.05) is 6.92 Å². The Hall–Kier alpha value is -1.07. The lowest BCUT2D eigenvalue weighted by molar-refractivity contribution is 0.0944. The van der Waals surface area contributed by atoms with Crippen LogP contribution in [-0.4, -0.2) is 28.4 Å². The van der Waals surface area contributed by atoms with E-state index in [1.54, 1.807) is 36.0 Å². The summed E-state index contributed by atoms with van der Waals surface area (Å²) in [6, 6.07) is 7.22. The number of carbonyl (C=O) groups is 1. The van der Waals surface area contributed by atoms with Crippen LogP contribution in [0.1, 0.15) is 29.8 Å². The zero-order valence-electron chi connectivity index (χ0n) is 10.6. The van der Waals surface area contributed by atoms with E-state index in [1.165, 1.54) is 0 Å². The van der Waals surface area contributed by atoms with Crippen LogP contribution in [0.2, 0.25) is 0 Å². The molecule has 0 bridgehead atoms. The van der Waals surface area contributed by atoms with Crippen molar-refractivity contribution in [3.63, 3.8) is 0 Å². The molecule has 1 aromatic carbocycles. The Bertz CT molecular complexity index is 435. The van der Waals surface area contributed by atoms with Gasteiger partial charge in [0.15, 0.2) is 0 Å². The molecule has 0 heterocycles. The fourth-order valence-corrected chi connectivity index (χ4v) is 2.26. The van der Waals surface area contributed by atoms with Crippen molar-refractivity contribution in [2.75, 3.05) is 11.5 Å². The number of benzene rings is 1. The summed E-state index contributed by atoms with van der Waals surface area (Å²) in [6.07, 6.45) is 0. The average Bonchev–Trinajstić information content (AvgIpc) is 2.36. The third-order valence-corrected chi connectivity index (χ3v) is 3.74. The Morgan fingerprint density at radius 3 is 2.78 bits per heavy atom. The van der Waals surface area contributed by atoms with Crippen LogP contribution in [0, 0.1) is 0 Å². The van der Waals surface area contributed by atoms with Gasteiger partial charge in [-0.2, -0.15) is 11.8 Å². The van der Waals surface area contributed by atoms with E-state index in [0.717, 1.165) is 11.5 Å². The van der Waals surface area contributed by atoms with Crippen LogP contribution in [0.15, 0.2) is 24.3 Å². The van der Waals surface area contributed by atoms with Gasteiger partial charge in [-0.3, -0.25) is 4.79 Å². The number of rotatable bonds is 6. The van der Waals surface area contributed by atoms with E-state index >= 15 is 0 Å². The highest BCUT2D eigenvalue weighted by Gasteiger charge is 2.10. The molecule has 0 saturated carbocycles. The second-order valence-corrected chi connectivity index (χ2v) is 5.74. The number of thiocarbonyl (C=S) groups is 1. The lowest BCUT2D eigenvalue weighted by atomic mass is 10.1. The summed E-state index contributed by atoms with van der Waals surface area (Å²) in [5.41, 5.74) is 6.85. The Kier molecular flexibility index (Phi) is 6.15. The van der Waals surface area contributed by atoms with Gasteiger partial charge in [0, 0.05) is 22.9 Å². The number of carbonyl (C=O) groups excluding carboxylic acids is 1. The summed E-state index contributed by atoms with van der Waals surface area (Å²) in [4.78, 5) is 12.3. The number of amides is 1.